The van der Waals surface area contributed by atoms with Crippen molar-refractivity contribution in [1.29, 1.82) is 0 Å². The molecule has 1 aliphatic rings. The normalized spacial score (nSPS) is 16.0. The molecule has 126 valence electrons. The monoisotopic (exact) mass is 344 g/mol. The molecule has 3 rings (SSSR count). The van der Waals surface area contributed by atoms with Gasteiger partial charge in [0.15, 0.2) is 0 Å². The summed E-state index contributed by atoms with van der Waals surface area (Å²) < 4.78 is 2.07. The molecular weight excluding hydrogens is 324 g/mol. The van der Waals surface area contributed by atoms with Crippen LogP contribution in [0.4, 0.5) is 0 Å². The smallest absolute Gasteiger partial charge is 0.246 e. The molecule has 0 aliphatic carbocycles. The summed E-state index contributed by atoms with van der Waals surface area (Å²) in [4.78, 5) is 20.6. The van der Waals surface area contributed by atoms with E-state index >= 15 is 0 Å². The average molecular weight is 345 g/mol. The number of carbonyl (C=O) groups is 1. The van der Waals surface area contributed by atoms with Crippen molar-refractivity contribution in [3.63, 3.8) is 0 Å². The van der Waals surface area contributed by atoms with Gasteiger partial charge in [-0.2, -0.15) is 0 Å². The van der Waals surface area contributed by atoms with E-state index in [0.29, 0.717) is 5.02 Å². The minimum atomic E-state index is 0.0455. The molecule has 1 fully saturated rings. The molecule has 2 aromatic rings. The Hall–Kier alpha value is -2.11. The maximum absolute atomic E-state index is 12.3. The van der Waals surface area contributed by atoms with Crippen LogP contribution in [0.1, 0.15) is 5.56 Å². The van der Waals surface area contributed by atoms with Gasteiger partial charge in [0.25, 0.3) is 0 Å². The molecule has 5 nitrogen and oxygen atoms in total. The molecule has 0 N–H and O–H groups in total. The van der Waals surface area contributed by atoms with Gasteiger partial charge in [-0.05, 0) is 17.7 Å². The van der Waals surface area contributed by atoms with E-state index in [4.69, 9.17) is 11.6 Å². The largest absolute Gasteiger partial charge is 0.337 e. The minimum absolute atomic E-state index is 0.0455. The summed E-state index contributed by atoms with van der Waals surface area (Å²) in [5.74, 6) is 0.0455. The first-order valence-electron chi connectivity index (χ1n) is 8.12. The highest BCUT2D eigenvalue weighted by atomic mass is 35.5. The third kappa shape index (κ3) is 4.46. The van der Waals surface area contributed by atoms with Crippen molar-refractivity contribution < 1.29 is 4.79 Å². The van der Waals surface area contributed by atoms with Crippen LogP contribution >= 0.6 is 11.6 Å². The first kappa shape index (κ1) is 16.7. The number of imidazole rings is 1. The van der Waals surface area contributed by atoms with Gasteiger partial charge in [0.1, 0.15) is 0 Å². The van der Waals surface area contributed by atoms with Crippen molar-refractivity contribution in [2.75, 3.05) is 32.7 Å². The molecule has 0 radical (unpaired) electrons. The van der Waals surface area contributed by atoms with Gasteiger partial charge in [-0.15, -0.1) is 0 Å². The maximum atomic E-state index is 12.3. The molecule has 6 heteroatoms. The van der Waals surface area contributed by atoms with Crippen LogP contribution in [0.25, 0.3) is 6.08 Å². The Labute approximate surface area is 147 Å². The average Bonchev–Trinajstić information content (AvgIpc) is 3.13. The third-order valence-electron chi connectivity index (χ3n) is 4.23. The number of rotatable bonds is 5. The molecule has 1 saturated heterocycles. The lowest BCUT2D eigenvalue weighted by atomic mass is 10.2. The minimum Gasteiger partial charge on any atom is -0.337 e. The van der Waals surface area contributed by atoms with Crippen LogP contribution < -0.4 is 0 Å². The second kappa shape index (κ2) is 8.13. The van der Waals surface area contributed by atoms with Crippen LogP contribution in [-0.4, -0.2) is 58.0 Å². The molecule has 0 atom stereocenters. The lowest BCUT2D eigenvalue weighted by Gasteiger charge is -2.34. The Morgan fingerprint density at radius 2 is 1.96 bits per heavy atom. The quantitative estimate of drug-likeness (QED) is 0.782. The van der Waals surface area contributed by atoms with Crippen molar-refractivity contribution in [3.05, 3.63) is 59.6 Å². The summed E-state index contributed by atoms with van der Waals surface area (Å²) >= 11 is 6.10. The molecule has 1 aliphatic heterocycles. The van der Waals surface area contributed by atoms with Crippen molar-refractivity contribution in [1.82, 2.24) is 19.4 Å². The number of hydrogen-bond acceptors (Lipinski definition) is 3. The summed E-state index contributed by atoms with van der Waals surface area (Å²) in [7, 11) is 0. The van der Waals surface area contributed by atoms with E-state index in [1.54, 1.807) is 18.3 Å². The van der Waals surface area contributed by atoms with E-state index in [2.05, 4.69) is 14.5 Å². The molecule has 0 unspecified atom stereocenters. The standard InChI is InChI=1S/C18H21ClN4O/c19-17-4-2-1-3-16(17)5-6-18(24)23-13-11-21(12-14-23)9-10-22-8-7-20-15-22/h1-8,15H,9-14H2/b6-5+. The Kier molecular flexibility index (Phi) is 5.67. The zero-order valence-corrected chi connectivity index (χ0v) is 14.3. The second-order valence-corrected chi connectivity index (χ2v) is 6.23. The summed E-state index contributed by atoms with van der Waals surface area (Å²) in [5.41, 5.74) is 0.867. The summed E-state index contributed by atoms with van der Waals surface area (Å²) in [6.45, 7) is 5.24. The van der Waals surface area contributed by atoms with Gasteiger partial charge in [0.2, 0.25) is 5.91 Å². The fraction of sp³-hybridized carbons (Fsp3) is 0.333. The number of benzene rings is 1. The Morgan fingerprint density at radius 3 is 2.67 bits per heavy atom. The van der Waals surface area contributed by atoms with Crippen LogP contribution in [-0.2, 0) is 11.3 Å². The van der Waals surface area contributed by atoms with Crippen LogP contribution in [0, 0.1) is 0 Å². The Balaban J connectivity index is 1.45. The summed E-state index contributed by atoms with van der Waals surface area (Å²) in [5, 5.41) is 0.658. The van der Waals surface area contributed by atoms with E-state index in [1.807, 2.05) is 41.7 Å². The Morgan fingerprint density at radius 1 is 1.17 bits per heavy atom. The van der Waals surface area contributed by atoms with Crippen LogP contribution in [0.15, 0.2) is 49.1 Å². The number of carbonyl (C=O) groups excluding carboxylic acids is 1. The van der Waals surface area contributed by atoms with Crippen molar-refractivity contribution in [3.8, 4) is 0 Å². The zero-order valence-electron chi connectivity index (χ0n) is 13.5. The molecule has 1 amide bonds. The molecule has 0 spiro atoms. The van der Waals surface area contributed by atoms with Crippen molar-refractivity contribution in [2.45, 2.75) is 6.54 Å². The zero-order chi connectivity index (χ0) is 16.8. The highest BCUT2D eigenvalue weighted by Gasteiger charge is 2.19. The first-order valence-corrected chi connectivity index (χ1v) is 8.50. The van der Waals surface area contributed by atoms with E-state index < -0.39 is 0 Å². The van der Waals surface area contributed by atoms with Gasteiger partial charge in [0.05, 0.1) is 6.33 Å². The van der Waals surface area contributed by atoms with Crippen LogP contribution in [0.5, 0.6) is 0 Å². The van der Waals surface area contributed by atoms with Gasteiger partial charge in [0, 0.05) is 62.8 Å². The fourth-order valence-electron chi connectivity index (χ4n) is 2.74. The SMILES string of the molecule is O=C(/C=C/c1ccccc1Cl)N1CCN(CCn2ccnc2)CC1. The molecule has 0 saturated carbocycles. The number of piperazine rings is 1. The van der Waals surface area contributed by atoms with Crippen molar-refractivity contribution in [2.24, 2.45) is 0 Å². The van der Waals surface area contributed by atoms with E-state index in [9.17, 15) is 4.79 Å². The lowest BCUT2D eigenvalue weighted by molar-refractivity contribution is -0.127. The highest BCUT2D eigenvalue weighted by Crippen LogP contribution is 2.16. The second-order valence-electron chi connectivity index (χ2n) is 5.82. The topological polar surface area (TPSA) is 41.4 Å². The fourth-order valence-corrected chi connectivity index (χ4v) is 2.94. The predicted octanol–water partition coefficient (Wildman–Crippen LogP) is 2.39. The van der Waals surface area contributed by atoms with Crippen LogP contribution in [0.3, 0.4) is 0 Å². The van der Waals surface area contributed by atoms with Gasteiger partial charge in [-0.25, -0.2) is 4.98 Å². The van der Waals surface area contributed by atoms with E-state index in [-0.39, 0.29) is 5.91 Å². The summed E-state index contributed by atoms with van der Waals surface area (Å²) in [6, 6.07) is 7.52. The first-order chi connectivity index (χ1) is 11.7. The van der Waals surface area contributed by atoms with Gasteiger partial charge in [-0.1, -0.05) is 29.8 Å². The van der Waals surface area contributed by atoms with Gasteiger partial charge < -0.3 is 9.47 Å². The number of aromatic nitrogens is 2. The lowest BCUT2D eigenvalue weighted by Crippen LogP contribution is -2.48. The highest BCUT2D eigenvalue weighted by molar-refractivity contribution is 6.32. The maximum Gasteiger partial charge on any atom is 0.246 e. The molecule has 1 aromatic carbocycles. The van der Waals surface area contributed by atoms with Crippen molar-refractivity contribution >= 4 is 23.6 Å². The molecule has 24 heavy (non-hydrogen) atoms. The third-order valence-corrected chi connectivity index (χ3v) is 4.57. The molecule has 2 heterocycles. The van der Waals surface area contributed by atoms with Gasteiger partial charge >= 0.3 is 0 Å². The van der Waals surface area contributed by atoms with E-state index in [0.717, 1.165) is 44.8 Å². The summed E-state index contributed by atoms with van der Waals surface area (Å²) in [6.07, 6.45) is 9.00. The number of hydrogen-bond donors (Lipinski definition) is 0. The number of nitrogens with zero attached hydrogens (tertiary/aromatic N) is 4. The Bertz CT molecular complexity index is 691. The molecule has 0 bridgehead atoms. The van der Waals surface area contributed by atoms with Crippen LogP contribution in [0.2, 0.25) is 5.02 Å². The number of halogens is 1. The van der Waals surface area contributed by atoms with Gasteiger partial charge in [-0.3, -0.25) is 9.69 Å². The molecule has 1 aromatic heterocycles. The molecular formula is C18H21ClN4O. The predicted molar refractivity (Wildman–Crippen MR) is 95.7 cm³/mol. The van der Waals surface area contributed by atoms with E-state index in [1.165, 1.54) is 0 Å². The number of amides is 1.